The van der Waals surface area contributed by atoms with Gasteiger partial charge in [0.05, 0.1) is 22.5 Å². The predicted octanol–water partition coefficient (Wildman–Crippen LogP) is 3.74. The lowest BCUT2D eigenvalue weighted by atomic mass is 10.1. The molecule has 102 valence electrons. The average Bonchev–Trinajstić information content (AvgIpc) is 2.51. The molecule has 0 aliphatic carbocycles. The molecule has 0 atom stereocenters. The van der Waals surface area contributed by atoms with Gasteiger partial charge < -0.3 is 11.1 Å². The molecule has 0 amide bonds. The van der Waals surface area contributed by atoms with E-state index in [4.69, 9.17) is 5.73 Å². The Labute approximate surface area is 122 Å². The SMILES string of the molecule is Cc1cccc(Nc2ccc(N)c3ncccc23)c1C#N. The molecule has 3 N–H and O–H groups in total. The zero-order valence-electron chi connectivity index (χ0n) is 11.6. The molecule has 0 saturated carbocycles. The number of aryl methyl sites for hydroxylation is 1. The van der Waals surface area contributed by atoms with Crippen LogP contribution in [0, 0.1) is 18.3 Å². The first-order valence-electron chi connectivity index (χ1n) is 6.60. The minimum Gasteiger partial charge on any atom is -0.397 e. The number of nitrogens with zero attached hydrogens (tertiary/aromatic N) is 2. The van der Waals surface area contributed by atoms with Crippen LogP contribution in [-0.4, -0.2) is 4.98 Å². The van der Waals surface area contributed by atoms with Crippen LogP contribution in [0.5, 0.6) is 0 Å². The highest BCUT2D eigenvalue weighted by molar-refractivity contribution is 5.99. The number of fused-ring (bicyclic) bond motifs is 1. The Morgan fingerprint density at radius 1 is 1.10 bits per heavy atom. The second-order valence-corrected chi connectivity index (χ2v) is 4.84. The Morgan fingerprint density at radius 2 is 1.95 bits per heavy atom. The van der Waals surface area contributed by atoms with Crippen molar-refractivity contribution >= 4 is 28.0 Å². The quantitative estimate of drug-likeness (QED) is 0.698. The van der Waals surface area contributed by atoms with Crippen LogP contribution in [0.3, 0.4) is 0 Å². The Hall–Kier alpha value is -3.06. The van der Waals surface area contributed by atoms with Gasteiger partial charge in [0, 0.05) is 17.3 Å². The number of pyridine rings is 1. The minimum atomic E-state index is 0.640. The lowest BCUT2D eigenvalue weighted by molar-refractivity contribution is 1.38. The summed E-state index contributed by atoms with van der Waals surface area (Å²) in [5.74, 6) is 0. The van der Waals surface area contributed by atoms with Crippen LogP contribution < -0.4 is 11.1 Å². The second-order valence-electron chi connectivity index (χ2n) is 4.84. The molecule has 0 aliphatic heterocycles. The summed E-state index contributed by atoms with van der Waals surface area (Å²) in [6.07, 6.45) is 1.72. The molecule has 4 nitrogen and oxygen atoms in total. The van der Waals surface area contributed by atoms with Crippen molar-refractivity contribution in [1.82, 2.24) is 4.98 Å². The fourth-order valence-corrected chi connectivity index (χ4v) is 2.37. The first-order valence-corrected chi connectivity index (χ1v) is 6.60. The topological polar surface area (TPSA) is 74.7 Å². The number of nitrogen functional groups attached to an aromatic ring is 1. The zero-order valence-corrected chi connectivity index (χ0v) is 11.6. The van der Waals surface area contributed by atoms with Crippen LogP contribution in [0.1, 0.15) is 11.1 Å². The number of nitrogens with two attached hydrogens (primary N) is 1. The highest BCUT2D eigenvalue weighted by Crippen LogP contribution is 2.30. The summed E-state index contributed by atoms with van der Waals surface area (Å²) >= 11 is 0. The molecule has 3 rings (SSSR count). The molecule has 0 bridgehead atoms. The molecule has 0 spiro atoms. The number of nitriles is 1. The van der Waals surface area contributed by atoms with Crippen molar-refractivity contribution in [3.05, 3.63) is 59.8 Å². The number of hydrogen-bond donors (Lipinski definition) is 2. The number of nitrogens with one attached hydrogen (secondary N) is 1. The van der Waals surface area contributed by atoms with Gasteiger partial charge in [-0.15, -0.1) is 0 Å². The Morgan fingerprint density at radius 3 is 2.76 bits per heavy atom. The van der Waals surface area contributed by atoms with Crippen LogP contribution in [0.25, 0.3) is 10.9 Å². The first-order chi connectivity index (χ1) is 10.2. The normalized spacial score (nSPS) is 10.3. The van der Waals surface area contributed by atoms with Crippen LogP contribution in [-0.2, 0) is 0 Å². The molecule has 0 aliphatic rings. The maximum Gasteiger partial charge on any atom is 0.102 e. The predicted molar refractivity (Wildman–Crippen MR) is 85.3 cm³/mol. The Kier molecular flexibility index (Phi) is 3.17. The van der Waals surface area contributed by atoms with Gasteiger partial charge in [-0.1, -0.05) is 12.1 Å². The van der Waals surface area contributed by atoms with Crippen LogP contribution >= 0.6 is 0 Å². The van der Waals surface area contributed by atoms with Crippen LogP contribution in [0.15, 0.2) is 48.7 Å². The van der Waals surface area contributed by atoms with Gasteiger partial charge in [0.1, 0.15) is 6.07 Å². The van der Waals surface area contributed by atoms with Gasteiger partial charge in [-0.05, 0) is 42.8 Å². The van der Waals surface area contributed by atoms with Gasteiger partial charge in [0.25, 0.3) is 0 Å². The maximum absolute atomic E-state index is 9.31. The summed E-state index contributed by atoms with van der Waals surface area (Å²) < 4.78 is 0. The van der Waals surface area contributed by atoms with Gasteiger partial charge in [0.15, 0.2) is 0 Å². The third-order valence-electron chi connectivity index (χ3n) is 3.45. The maximum atomic E-state index is 9.31. The summed E-state index contributed by atoms with van der Waals surface area (Å²) in [5, 5.41) is 13.6. The van der Waals surface area contributed by atoms with Crippen molar-refractivity contribution in [2.75, 3.05) is 11.1 Å². The van der Waals surface area contributed by atoms with E-state index in [1.165, 1.54) is 0 Å². The molecular weight excluding hydrogens is 260 g/mol. The monoisotopic (exact) mass is 274 g/mol. The number of aromatic nitrogens is 1. The van der Waals surface area contributed by atoms with Gasteiger partial charge in [-0.25, -0.2) is 0 Å². The van der Waals surface area contributed by atoms with E-state index < -0.39 is 0 Å². The number of anilines is 3. The lowest BCUT2D eigenvalue weighted by Crippen LogP contribution is -1.98. The zero-order chi connectivity index (χ0) is 14.8. The molecule has 1 aromatic heterocycles. The minimum absolute atomic E-state index is 0.640. The summed E-state index contributed by atoms with van der Waals surface area (Å²) in [7, 11) is 0. The molecular formula is C17H14N4. The molecule has 21 heavy (non-hydrogen) atoms. The van der Waals surface area contributed by atoms with Gasteiger partial charge in [-0.2, -0.15) is 5.26 Å². The number of rotatable bonds is 2. The molecule has 0 saturated heterocycles. The molecule has 0 fully saturated rings. The highest BCUT2D eigenvalue weighted by Gasteiger charge is 2.08. The van der Waals surface area contributed by atoms with E-state index in [0.29, 0.717) is 11.3 Å². The van der Waals surface area contributed by atoms with Crippen molar-refractivity contribution < 1.29 is 0 Å². The lowest BCUT2D eigenvalue weighted by Gasteiger charge is -2.13. The van der Waals surface area contributed by atoms with Gasteiger partial charge in [-0.3, -0.25) is 4.98 Å². The summed E-state index contributed by atoms with van der Waals surface area (Å²) in [5.41, 5.74) is 10.6. The summed E-state index contributed by atoms with van der Waals surface area (Å²) in [4.78, 5) is 4.31. The summed E-state index contributed by atoms with van der Waals surface area (Å²) in [6.45, 7) is 1.92. The third kappa shape index (κ3) is 2.26. The van der Waals surface area contributed by atoms with E-state index in [9.17, 15) is 5.26 Å². The molecule has 2 aromatic carbocycles. The molecule has 3 aromatic rings. The van der Waals surface area contributed by atoms with E-state index in [2.05, 4.69) is 16.4 Å². The average molecular weight is 274 g/mol. The van der Waals surface area contributed by atoms with Gasteiger partial charge in [0.2, 0.25) is 0 Å². The smallest absolute Gasteiger partial charge is 0.102 e. The van der Waals surface area contributed by atoms with Gasteiger partial charge >= 0.3 is 0 Å². The van der Waals surface area contributed by atoms with Crippen molar-refractivity contribution in [3.63, 3.8) is 0 Å². The van der Waals surface area contributed by atoms with E-state index in [1.807, 2.05) is 49.4 Å². The van der Waals surface area contributed by atoms with E-state index in [0.717, 1.165) is 27.8 Å². The van der Waals surface area contributed by atoms with E-state index in [-0.39, 0.29) is 0 Å². The van der Waals surface area contributed by atoms with Crippen molar-refractivity contribution in [2.24, 2.45) is 0 Å². The standard InChI is InChI=1S/C17H14N4/c1-11-4-2-6-15(13(11)10-18)21-16-8-7-14(19)17-12(16)5-3-9-20-17/h2-9,21H,19H2,1H3. The van der Waals surface area contributed by atoms with Crippen LogP contribution in [0.2, 0.25) is 0 Å². The molecule has 0 radical (unpaired) electrons. The number of hydrogen-bond acceptors (Lipinski definition) is 4. The van der Waals surface area contributed by atoms with Crippen molar-refractivity contribution in [2.45, 2.75) is 6.92 Å². The third-order valence-corrected chi connectivity index (χ3v) is 3.45. The second kappa shape index (κ2) is 5.14. The van der Waals surface area contributed by atoms with Crippen LogP contribution in [0.4, 0.5) is 17.1 Å². The molecule has 1 heterocycles. The summed E-state index contributed by atoms with van der Waals surface area (Å²) in [6, 6.07) is 15.5. The Bertz CT molecular complexity index is 862. The highest BCUT2D eigenvalue weighted by atomic mass is 14.9. The molecule has 0 unspecified atom stereocenters. The van der Waals surface area contributed by atoms with Crippen molar-refractivity contribution in [1.29, 1.82) is 5.26 Å². The number of benzene rings is 2. The van der Waals surface area contributed by atoms with E-state index in [1.54, 1.807) is 6.20 Å². The largest absolute Gasteiger partial charge is 0.397 e. The van der Waals surface area contributed by atoms with E-state index >= 15 is 0 Å². The van der Waals surface area contributed by atoms with Crippen molar-refractivity contribution in [3.8, 4) is 6.07 Å². The fourth-order valence-electron chi connectivity index (χ4n) is 2.37. The Balaban J connectivity index is 2.14. The fraction of sp³-hybridized carbons (Fsp3) is 0.0588. The molecule has 4 heteroatoms. The first kappa shape index (κ1) is 12.9.